The molecule has 0 saturated carbocycles. The maximum absolute atomic E-state index is 13.3. The average molecular weight is 246 g/mol. The number of aromatic amines is 1. The summed E-state index contributed by atoms with van der Waals surface area (Å²) in [6.45, 7) is 0. The summed E-state index contributed by atoms with van der Waals surface area (Å²) in [6, 6.07) is 2.43. The molecular formula is C7H4F2N4O2S. The molecule has 0 aliphatic carbocycles. The van der Waals surface area contributed by atoms with Crippen molar-refractivity contribution in [3.8, 4) is 11.4 Å². The van der Waals surface area contributed by atoms with Gasteiger partial charge in [-0.15, -0.1) is 14.1 Å². The highest BCUT2D eigenvalue weighted by Crippen LogP contribution is 2.23. The Morgan fingerprint density at radius 1 is 1.31 bits per heavy atom. The van der Waals surface area contributed by atoms with Gasteiger partial charge >= 0.3 is 10.2 Å². The van der Waals surface area contributed by atoms with Crippen LogP contribution in [0.25, 0.3) is 11.4 Å². The van der Waals surface area contributed by atoms with E-state index in [1.807, 2.05) is 0 Å². The Kier molecular flexibility index (Phi) is 2.38. The maximum Gasteiger partial charge on any atom is 0.332 e. The highest BCUT2D eigenvalue weighted by molar-refractivity contribution is 7.86. The lowest BCUT2D eigenvalue weighted by atomic mass is 10.2. The van der Waals surface area contributed by atoms with Gasteiger partial charge in [0.15, 0.2) is 0 Å². The molecule has 0 saturated heterocycles. The second-order valence-corrected chi connectivity index (χ2v) is 4.16. The molecule has 0 atom stereocenters. The van der Waals surface area contributed by atoms with Crippen molar-refractivity contribution in [3.05, 3.63) is 24.0 Å². The number of hydrogen-bond donors (Lipinski definition) is 1. The molecule has 0 fully saturated rings. The van der Waals surface area contributed by atoms with Crippen LogP contribution in [-0.4, -0.2) is 29.0 Å². The van der Waals surface area contributed by atoms with Gasteiger partial charge in [-0.1, -0.05) is 0 Å². The van der Waals surface area contributed by atoms with Crippen LogP contribution < -0.4 is 0 Å². The average Bonchev–Trinajstić information content (AvgIpc) is 2.69. The largest absolute Gasteiger partial charge is 0.332 e. The van der Waals surface area contributed by atoms with Crippen molar-refractivity contribution in [1.29, 1.82) is 0 Å². The third-order valence-corrected chi connectivity index (χ3v) is 2.62. The van der Waals surface area contributed by atoms with Crippen LogP contribution in [0, 0.1) is 5.82 Å². The number of tetrazole rings is 1. The normalized spacial score (nSPS) is 11.6. The number of nitrogens with one attached hydrogen (secondary N) is 1. The minimum absolute atomic E-state index is 0.150. The summed E-state index contributed by atoms with van der Waals surface area (Å²) in [5.41, 5.74) is -0.243. The lowest BCUT2D eigenvalue weighted by Gasteiger charge is -1.99. The third-order valence-electron chi connectivity index (χ3n) is 1.81. The fraction of sp³-hybridized carbons (Fsp3) is 0. The predicted octanol–water partition coefficient (Wildman–Crippen LogP) is 0.664. The molecule has 6 nitrogen and oxygen atoms in total. The monoisotopic (exact) mass is 246 g/mol. The molecule has 1 N–H and O–H groups in total. The molecule has 0 amide bonds. The minimum Gasteiger partial charge on any atom is -0.206 e. The Hall–Kier alpha value is -1.90. The minimum atomic E-state index is -4.89. The number of halogens is 2. The van der Waals surface area contributed by atoms with Crippen LogP contribution in [-0.2, 0) is 10.2 Å². The van der Waals surface area contributed by atoms with E-state index in [1.54, 1.807) is 0 Å². The first-order valence-electron chi connectivity index (χ1n) is 3.96. The summed E-state index contributed by atoms with van der Waals surface area (Å²) in [4.78, 5) is -0.659. The molecule has 9 heteroatoms. The highest BCUT2D eigenvalue weighted by Gasteiger charge is 2.17. The number of nitrogens with zero attached hydrogens (tertiary/aromatic N) is 3. The van der Waals surface area contributed by atoms with Gasteiger partial charge < -0.3 is 0 Å². The summed E-state index contributed by atoms with van der Waals surface area (Å²) in [5, 5.41) is 12.2. The molecule has 0 spiro atoms. The molecule has 2 aromatic rings. The lowest BCUT2D eigenvalue weighted by molar-refractivity contribution is 0.551. The molecule has 1 heterocycles. The molecule has 0 unspecified atom stereocenters. The fourth-order valence-electron chi connectivity index (χ4n) is 1.10. The zero-order valence-corrected chi connectivity index (χ0v) is 8.37. The van der Waals surface area contributed by atoms with Gasteiger partial charge in [0.1, 0.15) is 5.82 Å². The van der Waals surface area contributed by atoms with Crippen LogP contribution in [0.5, 0.6) is 0 Å². The molecular weight excluding hydrogens is 242 g/mol. The zero-order chi connectivity index (χ0) is 11.8. The smallest absolute Gasteiger partial charge is 0.206 e. The molecule has 0 aliphatic rings. The Labute approximate surface area is 88.5 Å². The van der Waals surface area contributed by atoms with E-state index in [4.69, 9.17) is 0 Å². The second-order valence-electron chi connectivity index (χ2n) is 2.81. The van der Waals surface area contributed by atoms with Crippen molar-refractivity contribution in [3.63, 3.8) is 0 Å². The molecule has 84 valence electrons. The molecule has 0 bridgehead atoms. The SMILES string of the molecule is O=S(=O)(F)c1ccc(F)c(-c2nn[nH]n2)c1. The van der Waals surface area contributed by atoms with E-state index in [1.165, 1.54) is 0 Å². The van der Waals surface area contributed by atoms with Crippen LogP contribution in [0.1, 0.15) is 0 Å². The van der Waals surface area contributed by atoms with Crippen LogP contribution in [0.2, 0.25) is 0 Å². The molecule has 0 aliphatic heterocycles. The number of rotatable bonds is 2. The Balaban J connectivity index is 2.63. The summed E-state index contributed by atoms with van der Waals surface area (Å²) in [5.74, 6) is -0.920. The van der Waals surface area contributed by atoms with Gasteiger partial charge in [0.2, 0.25) is 5.82 Å². The van der Waals surface area contributed by atoms with Gasteiger partial charge in [-0.05, 0) is 23.4 Å². The fourth-order valence-corrected chi connectivity index (χ4v) is 1.59. The van der Waals surface area contributed by atoms with Crippen LogP contribution >= 0.6 is 0 Å². The standard InChI is InChI=1S/C7H4F2N4O2S/c8-6-2-1-4(16(9,14)15)3-5(6)7-10-12-13-11-7/h1-3H,(H,10,11,12,13). The van der Waals surface area contributed by atoms with E-state index in [0.717, 1.165) is 18.2 Å². The van der Waals surface area contributed by atoms with Gasteiger partial charge in [0.25, 0.3) is 0 Å². The van der Waals surface area contributed by atoms with Gasteiger partial charge in [0, 0.05) is 0 Å². The van der Waals surface area contributed by atoms with Gasteiger partial charge in [-0.25, -0.2) is 4.39 Å². The molecule has 1 aromatic heterocycles. The first-order chi connectivity index (χ1) is 7.48. The van der Waals surface area contributed by atoms with Gasteiger partial charge in [0.05, 0.1) is 10.5 Å². The molecule has 0 radical (unpaired) electrons. The Morgan fingerprint density at radius 2 is 2.06 bits per heavy atom. The van der Waals surface area contributed by atoms with Crippen molar-refractivity contribution in [2.45, 2.75) is 4.90 Å². The first-order valence-corrected chi connectivity index (χ1v) is 5.35. The van der Waals surface area contributed by atoms with Crippen molar-refractivity contribution >= 4 is 10.2 Å². The summed E-state index contributed by atoms with van der Waals surface area (Å²) in [7, 11) is -4.89. The maximum atomic E-state index is 13.3. The number of hydrogen-bond acceptors (Lipinski definition) is 5. The third kappa shape index (κ3) is 1.89. The van der Waals surface area contributed by atoms with E-state index < -0.39 is 20.9 Å². The van der Waals surface area contributed by atoms with E-state index >= 15 is 0 Å². The van der Waals surface area contributed by atoms with Crippen molar-refractivity contribution in [2.75, 3.05) is 0 Å². The number of benzene rings is 1. The van der Waals surface area contributed by atoms with E-state index in [9.17, 15) is 16.7 Å². The summed E-state index contributed by atoms with van der Waals surface area (Å²) < 4.78 is 47.2. The van der Waals surface area contributed by atoms with Crippen LogP contribution in [0.4, 0.5) is 8.28 Å². The molecule has 2 rings (SSSR count). The first kappa shape index (κ1) is 10.6. The lowest BCUT2D eigenvalue weighted by Crippen LogP contribution is -1.95. The quantitative estimate of drug-likeness (QED) is 0.786. The molecule has 16 heavy (non-hydrogen) atoms. The van der Waals surface area contributed by atoms with E-state index in [-0.39, 0.29) is 11.4 Å². The highest BCUT2D eigenvalue weighted by atomic mass is 32.3. The van der Waals surface area contributed by atoms with Crippen molar-refractivity contribution < 1.29 is 16.7 Å². The number of aromatic nitrogens is 4. The zero-order valence-electron chi connectivity index (χ0n) is 7.55. The van der Waals surface area contributed by atoms with E-state index in [2.05, 4.69) is 20.6 Å². The summed E-state index contributed by atoms with van der Waals surface area (Å²) >= 11 is 0. The summed E-state index contributed by atoms with van der Waals surface area (Å²) in [6.07, 6.45) is 0. The van der Waals surface area contributed by atoms with Crippen LogP contribution in [0.3, 0.4) is 0 Å². The van der Waals surface area contributed by atoms with Gasteiger partial charge in [-0.3, -0.25) is 0 Å². The van der Waals surface area contributed by atoms with Crippen molar-refractivity contribution in [2.24, 2.45) is 0 Å². The van der Waals surface area contributed by atoms with Crippen LogP contribution in [0.15, 0.2) is 23.1 Å². The van der Waals surface area contributed by atoms with E-state index in [0.29, 0.717) is 0 Å². The van der Waals surface area contributed by atoms with Crippen molar-refractivity contribution in [1.82, 2.24) is 20.6 Å². The Bertz CT molecular complexity index is 611. The molecule has 1 aromatic carbocycles. The topological polar surface area (TPSA) is 88.6 Å². The number of H-pyrrole nitrogens is 1. The predicted molar refractivity (Wildman–Crippen MR) is 47.9 cm³/mol. The van der Waals surface area contributed by atoms with Gasteiger partial charge in [-0.2, -0.15) is 13.6 Å². The Morgan fingerprint density at radius 3 is 2.62 bits per heavy atom. The second kappa shape index (κ2) is 3.59.